The van der Waals surface area contributed by atoms with E-state index in [1.165, 1.54) is 6.08 Å². The standard InChI is InChI=1S/C18H25NO5S/c1-4-10-24-18(21)19-12-16(11-17(20)23-5-2)25-13-14-6-8-15(22-3)9-7-14/h4,6-9,16H,1,5,10-13H2,2-3H3,(H,19,21)/t16-/m0/s1. The molecule has 1 N–H and O–H groups in total. The molecular weight excluding hydrogens is 342 g/mol. The van der Waals surface area contributed by atoms with Crippen LogP contribution in [0.25, 0.3) is 0 Å². The Morgan fingerprint density at radius 3 is 2.60 bits per heavy atom. The maximum Gasteiger partial charge on any atom is 0.407 e. The summed E-state index contributed by atoms with van der Waals surface area (Å²) >= 11 is 1.58. The Labute approximate surface area is 152 Å². The van der Waals surface area contributed by atoms with E-state index in [4.69, 9.17) is 14.2 Å². The largest absolute Gasteiger partial charge is 0.497 e. The van der Waals surface area contributed by atoms with Crippen LogP contribution >= 0.6 is 11.8 Å². The average Bonchev–Trinajstić information content (AvgIpc) is 2.62. The summed E-state index contributed by atoms with van der Waals surface area (Å²) in [5.74, 6) is 1.22. The third kappa shape index (κ3) is 9.05. The van der Waals surface area contributed by atoms with Gasteiger partial charge in [-0.2, -0.15) is 11.8 Å². The van der Waals surface area contributed by atoms with Gasteiger partial charge in [0, 0.05) is 17.5 Å². The van der Waals surface area contributed by atoms with Gasteiger partial charge in [0.25, 0.3) is 0 Å². The lowest BCUT2D eigenvalue weighted by Gasteiger charge is -2.16. The fourth-order valence-corrected chi connectivity index (χ4v) is 2.99. The van der Waals surface area contributed by atoms with Gasteiger partial charge in [0.1, 0.15) is 12.4 Å². The number of carbonyl (C=O) groups is 2. The van der Waals surface area contributed by atoms with Crippen LogP contribution in [0.3, 0.4) is 0 Å². The van der Waals surface area contributed by atoms with Crippen molar-refractivity contribution in [3.05, 3.63) is 42.5 Å². The summed E-state index contributed by atoms with van der Waals surface area (Å²) in [6, 6.07) is 7.72. The van der Waals surface area contributed by atoms with E-state index in [1.54, 1.807) is 25.8 Å². The normalized spacial score (nSPS) is 11.3. The molecule has 1 aromatic rings. The second kappa shape index (κ2) is 12.2. The van der Waals surface area contributed by atoms with Crippen LogP contribution in [0.15, 0.2) is 36.9 Å². The van der Waals surface area contributed by atoms with Gasteiger partial charge in [-0.05, 0) is 24.6 Å². The summed E-state index contributed by atoms with van der Waals surface area (Å²) in [7, 11) is 1.62. The maximum absolute atomic E-state index is 11.8. The van der Waals surface area contributed by atoms with Crippen molar-refractivity contribution in [3.8, 4) is 5.75 Å². The predicted octanol–water partition coefficient (Wildman–Crippen LogP) is 3.16. The van der Waals surface area contributed by atoms with Gasteiger partial charge in [-0.3, -0.25) is 4.79 Å². The average molecular weight is 367 g/mol. The van der Waals surface area contributed by atoms with Crippen LogP contribution in [0, 0.1) is 0 Å². The Morgan fingerprint density at radius 1 is 1.28 bits per heavy atom. The molecule has 0 spiro atoms. The molecule has 0 aliphatic heterocycles. The molecule has 1 atom stereocenters. The van der Waals surface area contributed by atoms with Crippen LogP contribution in [-0.2, 0) is 20.0 Å². The summed E-state index contributed by atoms with van der Waals surface area (Å²) < 4.78 is 15.0. The number of alkyl carbamates (subject to hydrolysis) is 1. The van der Waals surface area contributed by atoms with E-state index >= 15 is 0 Å². The van der Waals surface area contributed by atoms with Crippen molar-refractivity contribution in [2.75, 3.05) is 26.9 Å². The summed E-state index contributed by atoms with van der Waals surface area (Å²) in [6.45, 7) is 6.05. The number of rotatable bonds is 11. The number of methoxy groups -OCH3 is 1. The van der Waals surface area contributed by atoms with Gasteiger partial charge in [0.15, 0.2) is 0 Å². The number of nitrogens with one attached hydrogen (secondary N) is 1. The van der Waals surface area contributed by atoms with Crippen molar-refractivity contribution in [1.29, 1.82) is 0 Å². The van der Waals surface area contributed by atoms with E-state index in [-0.39, 0.29) is 24.2 Å². The maximum atomic E-state index is 11.8. The van der Waals surface area contributed by atoms with Crippen molar-refractivity contribution in [2.45, 2.75) is 24.3 Å². The Balaban J connectivity index is 2.54. The zero-order valence-corrected chi connectivity index (χ0v) is 15.5. The van der Waals surface area contributed by atoms with Gasteiger partial charge >= 0.3 is 12.1 Å². The molecule has 7 heteroatoms. The number of hydrogen-bond donors (Lipinski definition) is 1. The third-order valence-corrected chi connectivity index (χ3v) is 4.46. The quantitative estimate of drug-likeness (QED) is 0.478. The highest BCUT2D eigenvalue weighted by atomic mass is 32.2. The summed E-state index contributed by atoms with van der Waals surface area (Å²) in [6.07, 6.45) is 1.18. The van der Waals surface area contributed by atoms with E-state index in [9.17, 15) is 9.59 Å². The number of esters is 1. The number of thioether (sulfide) groups is 1. The molecule has 0 aliphatic carbocycles. The van der Waals surface area contributed by atoms with Gasteiger partial charge < -0.3 is 19.5 Å². The molecule has 0 saturated heterocycles. The van der Waals surface area contributed by atoms with Crippen LogP contribution in [0.1, 0.15) is 18.9 Å². The lowest BCUT2D eigenvalue weighted by atomic mass is 10.2. The Hall–Kier alpha value is -2.15. The fourth-order valence-electron chi connectivity index (χ4n) is 1.91. The highest BCUT2D eigenvalue weighted by Gasteiger charge is 2.17. The van der Waals surface area contributed by atoms with Gasteiger partial charge in [0.05, 0.1) is 20.1 Å². The first kappa shape index (κ1) is 20.9. The highest BCUT2D eigenvalue weighted by Crippen LogP contribution is 2.22. The van der Waals surface area contributed by atoms with Gasteiger partial charge in [-0.1, -0.05) is 24.8 Å². The monoisotopic (exact) mass is 367 g/mol. The minimum atomic E-state index is -0.529. The molecule has 0 heterocycles. The molecule has 1 amide bonds. The number of benzene rings is 1. The number of hydrogen-bond acceptors (Lipinski definition) is 6. The molecule has 0 fully saturated rings. The first-order valence-corrected chi connectivity index (χ1v) is 9.05. The second-order valence-electron chi connectivity index (χ2n) is 5.06. The van der Waals surface area contributed by atoms with Crippen LogP contribution in [0.5, 0.6) is 5.75 Å². The SMILES string of the molecule is C=CCOC(=O)NC[C@H](CC(=O)OCC)SCc1ccc(OC)cc1. The zero-order valence-electron chi connectivity index (χ0n) is 14.7. The van der Waals surface area contributed by atoms with Gasteiger partial charge in [-0.25, -0.2) is 4.79 Å². The van der Waals surface area contributed by atoms with E-state index in [1.807, 2.05) is 24.3 Å². The lowest BCUT2D eigenvalue weighted by Crippen LogP contribution is -2.32. The molecule has 0 aliphatic rings. The highest BCUT2D eigenvalue weighted by molar-refractivity contribution is 7.99. The van der Waals surface area contributed by atoms with E-state index in [2.05, 4.69) is 11.9 Å². The van der Waals surface area contributed by atoms with Gasteiger partial charge in [-0.15, -0.1) is 0 Å². The van der Waals surface area contributed by atoms with E-state index in [0.717, 1.165) is 11.3 Å². The topological polar surface area (TPSA) is 73.9 Å². The fraction of sp³-hybridized carbons (Fsp3) is 0.444. The zero-order chi connectivity index (χ0) is 18.5. The molecule has 1 rings (SSSR count). The first-order chi connectivity index (χ1) is 12.1. The summed E-state index contributed by atoms with van der Waals surface area (Å²) in [5, 5.41) is 2.55. The molecule has 0 bridgehead atoms. The minimum absolute atomic E-state index is 0.113. The van der Waals surface area contributed by atoms with E-state index < -0.39 is 6.09 Å². The van der Waals surface area contributed by atoms with Crippen molar-refractivity contribution in [1.82, 2.24) is 5.32 Å². The van der Waals surface area contributed by atoms with Crippen molar-refractivity contribution < 1.29 is 23.8 Å². The molecule has 0 unspecified atom stereocenters. The number of carbonyl (C=O) groups excluding carboxylic acids is 2. The summed E-state index contributed by atoms with van der Waals surface area (Å²) in [4.78, 5) is 23.3. The Bertz CT molecular complexity index is 547. The molecule has 6 nitrogen and oxygen atoms in total. The number of ether oxygens (including phenoxy) is 3. The smallest absolute Gasteiger partial charge is 0.407 e. The van der Waals surface area contributed by atoms with Crippen molar-refractivity contribution in [2.24, 2.45) is 0 Å². The minimum Gasteiger partial charge on any atom is -0.497 e. The van der Waals surface area contributed by atoms with Gasteiger partial charge in [0.2, 0.25) is 0 Å². The molecule has 138 valence electrons. The molecule has 0 aromatic heterocycles. The summed E-state index contributed by atoms with van der Waals surface area (Å²) in [5.41, 5.74) is 1.11. The molecule has 0 radical (unpaired) electrons. The van der Waals surface area contributed by atoms with Crippen LogP contribution < -0.4 is 10.1 Å². The second-order valence-corrected chi connectivity index (χ2v) is 6.35. The molecule has 0 saturated carbocycles. The molecular formula is C18H25NO5S. The first-order valence-electron chi connectivity index (χ1n) is 8.00. The van der Waals surface area contributed by atoms with Crippen molar-refractivity contribution in [3.63, 3.8) is 0 Å². The van der Waals surface area contributed by atoms with Crippen molar-refractivity contribution >= 4 is 23.8 Å². The van der Waals surface area contributed by atoms with Crippen LogP contribution in [0.4, 0.5) is 4.79 Å². The Morgan fingerprint density at radius 2 is 2.00 bits per heavy atom. The lowest BCUT2D eigenvalue weighted by molar-refractivity contribution is -0.143. The molecule has 25 heavy (non-hydrogen) atoms. The van der Waals surface area contributed by atoms with E-state index in [0.29, 0.717) is 18.9 Å². The van der Waals surface area contributed by atoms with Crippen LogP contribution in [0.2, 0.25) is 0 Å². The third-order valence-electron chi connectivity index (χ3n) is 3.15. The molecule has 1 aromatic carbocycles. The Kier molecular flexibility index (Phi) is 10.2. The predicted molar refractivity (Wildman–Crippen MR) is 98.9 cm³/mol. The number of amides is 1. The van der Waals surface area contributed by atoms with Crippen LogP contribution in [-0.4, -0.2) is 44.2 Å².